The van der Waals surface area contributed by atoms with Gasteiger partial charge in [-0.25, -0.2) is 0 Å². The van der Waals surface area contributed by atoms with Crippen molar-refractivity contribution in [3.63, 3.8) is 0 Å². The topological polar surface area (TPSA) is 12.0 Å². The van der Waals surface area contributed by atoms with Gasteiger partial charge in [-0.3, -0.25) is 0 Å². The number of thioether (sulfide) groups is 1. The molecule has 1 N–H and O–H groups in total. The summed E-state index contributed by atoms with van der Waals surface area (Å²) in [4.78, 5) is 0. The lowest BCUT2D eigenvalue weighted by atomic mass is 9.89. The Morgan fingerprint density at radius 2 is 1.89 bits per heavy atom. The van der Waals surface area contributed by atoms with Gasteiger partial charge >= 0.3 is 0 Å². The monoisotopic (exact) mass is 277 g/mol. The first-order valence-electron chi connectivity index (χ1n) is 7.54. The van der Waals surface area contributed by atoms with Gasteiger partial charge < -0.3 is 5.32 Å². The summed E-state index contributed by atoms with van der Waals surface area (Å²) in [6, 6.07) is 7.58. The maximum absolute atomic E-state index is 3.68. The van der Waals surface area contributed by atoms with Crippen LogP contribution >= 0.6 is 11.8 Å². The molecule has 1 aromatic rings. The zero-order valence-electron chi connectivity index (χ0n) is 12.5. The molecule has 2 atom stereocenters. The summed E-state index contributed by atoms with van der Waals surface area (Å²) in [5, 5.41) is 3.68. The zero-order valence-corrected chi connectivity index (χ0v) is 13.4. The Balaban J connectivity index is 1.93. The molecule has 0 heterocycles. The van der Waals surface area contributed by atoms with Gasteiger partial charge in [-0.2, -0.15) is 11.8 Å². The molecule has 0 bridgehead atoms. The molecule has 0 aliphatic heterocycles. The first-order chi connectivity index (χ1) is 9.20. The van der Waals surface area contributed by atoms with Crippen molar-refractivity contribution in [1.82, 2.24) is 5.32 Å². The van der Waals surface area contributed by atoms with Crippen molar-refractivity contribution in [1.29, 1.82) is 0 Å². The Bertz CT molecular complexity index is 402. The molecule has 1 aliphatic carbocycles. The van der Waals surface area contributed by atoms with Crippen molar-refractivity contribution in [3.05, 3.63) is 34.9 Å². The number of benzene rings is 1. The third-order valence-corrected chi connectivity index (χ3v) is 5.00. The average molecular weight is 277 g/mol. The highest BCUT2D eigenvalue weighted by Gasteiger charge is 2.12. The van der Waals surface area contributed by atoms with E-state index in [2.05, 4.69) is 43.6 Å². The first kappa shape index (κ1) is 14.9. The van der Waals surface area contributed by atoms with Crippen molar-refractivity contribution in [2.24, 2.45) is 5.92 Å². The lowest BCUT2D eigenvalue weighted by Crippen LogP contribution is -2.25. The van der Waals surface area contributed by atoms with E-state index in [0.29, 0.717) is 6.04 Å². The van der Waals surface area contributed by atoms with E-state index < -0.39 is 0 Å². The van der Waals surface area contributed by atoms with Gasteiger partial charge in [-0.15, -0.1) is 0 Å². The van der Waals surface area contributed by atoms with Crippen LogP contribution in [0.4, 0.5) is 0 Å². The highest BCUT2D eigenvalue weighted by molar-refractivity contribution is 7.98. The van der Waals surface area contributed by atoms with Crippen LogP contribution in [-0.4, -0.2) is 18.6 Å². The van der Waals surface area contributed by atoms with Crippen LogP contribution < -0.4 is 5.32 Å². The first-order valence-corrected chi connectivity index (χ1v) is 8.94. The average Bonchev–Trinajstić information content (AvgIpc) is 2.44. The van der Waals surface area contributed by atoms with Crippen LogP contribution in [-0.2, 0) is 12.8 Å². The summed E-state index contributed by atoms with van der Waals surface area (Å²) in [6.07, 6.45) is 7.47. The SMILES string of the molecule is CSCC(C)CNC(C)c1ccc2c(c1)CCCC2. The van der Waals surface area contributed by atoms with Crippen LogP contribution in [0.3, 0.4) is 0 Å². The normalized spacial score (nSPS) is 17.8. The minimum atomic E-state index is 0.469. The summed E-state index contributed by atoms with van der Waals surface area (Å²) in [5.41, 5.74) is 4.63. The molecule has 2 rings (SSSR count). The molecule has 0 radical (unpaired) electrons. The second kappa shape index (κ2) is 7.35. The molecule has 0 saturated carbocycles. The molecule has 1 nitrogen and oxygen atoms in total. The predicted octanol–water partition coefficient (Wildman–Crippen LogP) is 4.22. The zero-order chi connectivity index (χ0) is 13.7. The largest absolute Gasteiger partial charge is 0.310 e. The molecule has 2 heteroatoms. The fourth-order valence-corrected chi connectivity index (χ4v) is 3.55. The maximum Gasteiger partial charge on any atom is 0.0292 e. The van der Waals surface area contributed by atoms with E-state index in [1.807, 2.05) is 11.8 Å². The molecule has 106 valence electrons. The van der Waals surface area contributed by atoms with Crippen molar-refractivity contribution in [3.8, 4) is 0 Å². The molecule has 1 aromatic carbocycles. The Morgan fingerprint density at radius 1 is 1.16 bits per heavy atom. The Hall–Kier alpha value is -0.470. The number of rotatable bonds is 6. The minimum absolute atomic E-state index is 0.469. The lowest BCUT2D eigenvalue weighted by Gasteiger charge is -2.21. The number of hydrogen-bond acceptors (Lipinski definition) is 2. The number of fused-ring (bicyclic) bond motifs is 1. The van der Waals surface area contributed by atoms with Crippen LogP contribution in [0.15, 0.2) is 18.2 Å². The fraction of sp³-hybridized carbons (Fsp3) is 0.647. The summed E-state index contributed by atoms with van der Waals surface area (Å²) < 4.78 is 0. The third kappa shape index (κ3) is 4.25. The second-order valence-electron chi connectivity index (χ2n) is 5.93. The highest BCUT2D eigenvalue weighted by atomic mass is 32.2. The van der Waals surface area contributed by atoms with Crippen LogP contribution in [0.5, 0.6) is 0 Å². The van der Waals surface area contributed by atoms with Gasteiger partial charge in [0.2, 0.25) is 0 Å². The molecule has 2 unspecified atom stereocenters. The summed E-state index contributed by atoms with van der Waals surface area (Å²) in [6.45, 7) is 5.72. The number of aryl methyl sites for hydroxylation is 2. The van der Waals surface area contributed by atoms with Gasteiger partial charge in [0, 0.05) is 6.04 Å². The fourth-order valence-electron chi connectivity index (χ4n) is 2.86. The van der Waals surface area contributed by atoms with E-state index in [0.717, 1.165) is 12.5 Å². The quantitative estimate of drug-likeness (QED) is 0.835. The van der Waals surface area contributed by atoms with Crippen LogP contribution in [0, 0.1) is 5.92 Å². The van der Waals surface area contributed by atoms with Crippen LogP contribution in [0.1, 0.15) is 49.4 Å². The van der Waals surface area contributed by atoms with Crippen molar-refractivity contribution in [2.45, 2.75) is 45.6 Å². The van der Waals surface area contributed by atoms with Gasteiger partial charge in [0.15, 0.2) is 0 Å². The molecular formula is C17H27NS. The van der Waals surface area contributed by atoms with Gasteiger partial charge in [-0.1, -0.05) is 25.1 Å². The van der Waals surface area contributed by atoms with Crippen molar-refractivity contribution in [2.75, 3.05) is 18.6 Å². The number of nitrogens with one attached hydrogen (secondary N) is 1. The molecule has 0 fully saturated rings. The predicted molar refractivity (Wildman–Crippen MR) is 87.0 cm³/mol. The summed E-state index contributed by atoms with van der Waals surface area (Å²) in [5.74, 6) is 1.99. The molecule has 0 spiro atoms. The van der Waals surface area contributed by atoms with Crippen molar-refractivity contribution < 1.29 is 0 Å². The standard InChI is InChI=1S/C17H27NS/c1-13(12-19-3)11-18-14(2)16-9-8-15-6-4-5-7-17(15)10-16/h8-10,13-14,18H,4-7,11-12H2,1-3H3. The summed E-state index contributed by atoms with van der Waals surface area (Å²) in [7, 11) is 0. The number of hydrogen-bond donors (Lipinski definition) is 1. The van der Waals surface area contributed by atoms with E-state index in [9.17, 15) is 0 Å². The van der Waals surface area contributed by atoms with Gasteiger partial charge in [0.1, 0.15) is 0 Å². The van der Waals surface area contributed by atoms with E-state index in [1.165, 1.54) is 37.0 Å². The van der Waals surface area contributed by atoms with Crippen LogP contribution in [0.2, 0.25) is 0 Å². The lowest BCUT2D eigenvalue weighted by molar-refractivity contribution is 0.500. The third-order valence-electron chi connectivity index (χ3n) is 4.10. The molecule has 1 aliphatic rings. The van der Waals surface area contributed by atoms with E-state index in [1.54, 1.807) is 11.1 Å². The Kier molecular flexibility index (Phi) is 5.77. The highest BCUT2D eigenvalue weighted by Crippen LogP contribution is 2.24. The van der Waals surface area contributed by atoms with E-state index in [4.69, 9.17) is 0 Å². The molecule has 0 aromatic heterocycles. The minimum Gasteiger partial charge on any atom is -0.310 e. The second-order valence-corrected chi connectivity index (χ2v) is 6.84. The van der Waals surface area contributed by atoms with E-state index in [-0.39, 0.29) is 0 Å². The smallest absolute Gasteiger partial charge is 0.0292 e. The van der Waals surface area contributed by atoms with Crippen molar-refractivity contribution >= 4 is 11.8 Å². The van der Waals surface area contributed by atoms with Crippen LogP contribution in [0.25, 0.3) is 0 Å². The van der Waals surface area contributed by atoms with Gasteiger partial charge in [0.25, 0.3) is 0 Å². The molecule has 0 saturated heterocycles. The van der Waals surface area contributed by atoms with Gasteiger partial charge in [-0.05, 0) is 73.8 Å². The van der Waals surface area contributed by atoms with E-state index >= 15 is 0 Å². The Labute approximate surface area is 122 Å². The summed E-state index contributed by atoms with van der Waals surface area (Å²) >= 11 is 1.94. The molecular weight excluding hydrogens is 250 g/mol. The molecule has 19 heavy (non-hydrogen) atoms. The Morgan fingerprint density at radius 3 is 2.63 bits per heavy atom. The molecule has 0 amide bonds. The van der Waals surface area contributed by atoms with Gasteiger partial charge in [0.05, 0.1) is 0 Å². The maximum atomic E-state index is 3.68.